The molecule has 0 aromatic heterocycles. The van der Waals surface area contributed by atoms with E-state index in [-0.39, 0.29) is 30.9 Å². The lowest BCUT2D eigenvalue weighted by Gasteiger charge is -2.15. The highest BCUT2D eigenvalue weighted by Crippen LogP contribution is 2.11. The summed E-state index contributed by atoms with van der Waals surface area (Å²) in [5.41, 5.74) is 0. The smallest absolute Gasteiger partial charge is 0.306 e. The summed E-state index contributed by atoms with van der Waals surface area (Å²) in [7, 11) is 0. The fraction of sp³-hybridized carbons (Fsp3) is 0.774. The number of ether oxygens (including phenoxy) is 2. The second-order valence-corrected chi connectivity index (χ2v) is 9.87. The number of hydrogen-bond donors (Lipinski definition) is 1. The van der Waals surface area contributed by atoms with Crippen LogP contribution in [0.3, 0.4) is 0 Å². The lowest BCUT2D eigenvalue weighted by atomic mass is 10.1. The van der Waals surface area contributed by atoms with Gasteiger partial charge in [-0.05, 0) is 38.2 Å². The zero-order chi connectivity index (χ0) is 27.4. The van der Waals surface area contributed by atoms with Crippen molar-refractivity contribution in [1.29, 1.82) is 0 Å². The van der Waals surface area contributed by atoms with Gasteiger partial charge in [-0.1, -0.05) is 103 Å². The van der Waals surface area contributed by atoms with Crippen LogP contribution >= 0.6 is 0 Å². The standard InChI is InChI=1S/C31H54O6/c1-3-5-7-9-11-14-18-22-28(33)23-19-15-13-17-20-24-30(34)36-27-29(26-32)37-31(35)25-21-16-12-10-8-6-4-2/h11,14,18,22,29,32H,3-10,12-13,15-17,19-21,23-27H2,1-2H3/b14-11-,22-18+/t29-/m0/s1. The number of esters is 2. The lowest BCUT2D eigenvalue weighted by Crippen LogP contribution is -2.28. The quantitative estimate of drug-likeness (QED) is 0.0545. The Labute approximate surface area is 226 Å². The highest BCUT2D eigenvalue weighted by atomic mass is 16.6. The first kappa shape index (κ1) is 35.0. The third-order valence-corrected chi connectivity index (χ3v) is 6.22. The van der Waals surface area contributed by atoms with Crippen molar-refractivity contribution in [2.45, 2.75) is 142 Å². The van der Waals surface area contributed by atoms with E-state index < -0.39 is 6.10 Å². The molecule has 1 N–H and O–H groups in total. The Balaban J connectivity index is 3.72. The van der Waals surface area contributed by atoms with Crippen molar-refractivity contribution >= 4 is 17.7 Å². The number of ketones is 1. The van der Waals surface area contributed by atoms with Crippen LogP contribution in [0.4, 0.5) is 0 Å². The lowest BCUT2D eigenvalue weighted by molar-refractivity contribution is -0.161. The molecule has 0 aromatic carbocycles. The van der Waals surface area contributed by atoms with Gasteiger partial charge in [0.05, 0.1) is 6.61 Å². The minimum atomic E-state index is -0.802. The van der Waals surface area contributed by atoms with E-state index >= 15 is 0 Å². The average Bonchev–Trinajstić information content (AvgIpc) is 2.89. The van der Waals surface area contributed by atoms with E-state index in [2.05, 4.69) is 19.9 Å². The molecule has 0 amide bonds. The Kier molecular flexibility index (Phi) is 25.7. The van der Waals surface area contributed by atoms with Gasteiger partial charge in [0.15, 0.2) is 11.9 Å². The molecule has 0 rings (SSSR count). The first-order chi connectivity index (χ1) is 18.0. The molecule has 214 valence electrons. The van der Waals surface area contributed by atoms with Gasteiger partial charge in [-0.25, -0.2) is 0 Å². The summed E-state index contributed by atoms with van der Waals surface area (Å²) in [4.78, 5) is 35.7. The Bertz CT molecular complexity index is 625. The molecule has 37 heavy (non-hydrogen) atoms. The number of aliphatic hydroxyl groups excluding tert-OH is 1. The monoisotopic (exact) mass is 522 g/mol. The van der Waals surface area contributed by atoms with Gasteiger partial charge in [-0.15, -0.1) is 0 Å². The SMILES string of the molecule is CCCCC/C=C\C=C\C(=O)CCCCCCCC(=O)OC[C@H](CO)OC(=O)CCCCCCCCC. The van der Waals surface area contributed by atoms with Crippen LogP contribution in [0, 0.1) is 0 Å². The van der Waals surface area contributed by atoms with Crippen LogP contribution in [0.2, 0.25) is 0 Å². The Hall–Kier alpha value is -1.95. The Morgan fingerprint density at radius 1 is 0.676 bits per heavy atom. The summed E-state index contributed by atoms with van der Waals surface area (Å²) in [6.07, 6.45) is 24.9. The fourth-order valence-corrected chi connectivity index (χ4v) is 3.89. The summed E-state index contributed by atoms with van der Waals surface area (Å²) in [5, 5.41) is 9.42. The number of carbonyl (C=O) groups is 3. The minimum absolute atomic E-state index is 0.109. The van der Waals surface area contributed by atoms with Crippen LogP contribution in [-0.4, -0.2) is 42.1 Å². The molecule has 0 radical (unpaired) electrons. The normalized spacial score (nSPS) is 12.3. The van der Waals surface area contributed by atoms with Gasteiger partial charge < -0.3 is 14.6 Å². The molecular formula is C31H54O6. The van der Waals surface area contributed by atoms with E-state index in [1.165, 1.54) is 44.9 Å². The Morgan fingerprint density at radius 2 is 1.22 bits per heavy atom. The zero-order valence-corrected chi connectivity index (χ0v) is 23.7. The van der Waals surface area contributed by atoms with Gasteiger partial charge in [0.1, 0.15) is 6.61 Å². The highest BCUT2D eigenvalue weighted by Gasteiger charge is 2.16. The molecule has 6 heteroatoms. The van der Waals surface area contributed by atoms with Crippen LogP contribution < -0.4 is 0 Å². The summed E-state index contributed by atoms with van der Waals surface area (Å²) in [5.74, 6) is -0.538. The van der Waals surface area contributed by atoms with Crippen LogP contribution in [0.5, 0.6) is 0 Å². The molecule has 6 nitrogen and oxygen atoms in total. The first-order valence-corrected chi connectivity index (χ1v) is 14.8. The summed E-state index contributed by atoms with van der Waals surface area (Å²) in [6.45, 7) is 3.90. The zero-order valence-electron chi connectivity index (χ0n) is 23.7. The molecule has 1 atom stereocenters. The number of unbranched alkanes of at least 4 members (excludes halogenated alkanes) is 13. The van der Waals surface area contributed by atoms with Crippen molar-refractivity contribution in [2.24, 2.45) is 0 Å². The predicted octanol–water partition coefficient (Wildman–Crippen LogP) is 7.57. The highest BCUT2D eigenvalue weighted by molar-refractivity contribution is 5.89. The van der Waals surface area contributed by atoms with Crippen LogP contribution in [-0.2, 0) is 23.9 Å². The molecule has 0 aromatic rings. The van der Waals surface area contributed by atoms with E-state index in [4.69, 9.17) is 9.47 Å². The van der Waals surface area contributed by atoms with Crippen molar-refractivity contribution < 1.29 is 29.0 Å². The number of hydrogen-bond acceptors (Lipinski definition) is 6. The molecule has 0 unspecified atom stereocenters. The van der Waals surface area contributed by atoms with Crippen molar-refractivity contribution in [3.63, 3.8) is 0 Å². The topological polar surface area (TPSA) is 89.9 Å². The number of carbonyl (C=O) groups excluding carboxylic acids is 3. The molecule has 0 aliphatic rings. The molecule has 0 aliphatic heterocycles. The maximum Gasteiger partial charge on any atom is 0.306 e. The van der Waals surface area contributed by atoms with E-state index in [9.17, 15) is 19.5 Å². The summed E-state index contributed by atoms with van der Waals surface area (Å²) in [6, 6.07) is 0. The summed E-state index contributed by atoms with van der Waals surface area (Å²) >= 11 is 0. The molecular weight excluding hydrogens is 468 g/mol. The number of allylic oxidation sites excluding steroid dienone is 4. The fourth-order valence-electron chi connectivity index (χ4n) is 3.89. The van der Waals surface area contributed by atoms with Crippen LogP contribution in [0.1, 0.15) is 136 Å². The second-order valence-electron chi connectivity index (χ2n) is 9.87. The van der Waals surface area contributed by atoms with Gasteiger partial charge in [0, 0.05) is 19.3 Å². The molecule has 0 saturated carbocycles. The molecule has 0 bridgehead atoms. The molecule has 0 heterocycles. The van der Waals surface area contributed by atoms with Crippen molar-refractivity contribution in [3.05, 3.63) is 24.3 Å². The van der Waals surface area contributed by atoms with Gasteiger partial charge >= 0.3 is 11.9 Å². The third-order valence-electron chi connectivity index (χ3n) is 6.22. The molecule has 0 aliphatic carbocycles. The van der Waals surface area contributed by atoms with Crippen LogP contribution in [0.25, 0.3) is 0 Å². The summed E-state index contributed by atoms with van der Waals surface area (Å²) < 4.78 is 10.4. The van der Waals surface area contributed by atoms with E-state index in [0.29, 0.717) is 19.3 Å². The van der Waals surface area contributed by atoms with Crippen molar-refractivity contribution in [2.75, 3.05) is 13.2 Å². The van der Waals surface area contributed by atoms with Gasteiger partial charge in [-0.3, -0.25) is 14.4 Å². The molecule has 0 spiro atoms. The number of rotatable bonds is 26. The van der Waals surface area contributed by atoms with E-state index in [1.54, 1.807) is 6.08 Å². The van der Waals surface area contributed by atoms with Gasteiger partial charge in [0.2, 0.25) is 0 Å². The van der Waals surface area contributed by atoms with Gasteiger partial charge in [0.25, 0.3) is 0 Å². The minimum Gasteiger partial charge on any atom is -0.462 e. The first-order valence-electron chi connectivity index (χ1n) is 14.8. The van der Waals surface area contributed by atoms with E-state index in [1.807, 2.05) is 12.2 Å². The maximum absolute atomic E-state index is 11.9. The maximum atomic E-state index is 11.9. The number of aliphatic hydroxyl groups is 1. The largest absolute Gasteiger partial charge is 0.462 e. The van der Waals surface area contributed by atoms with Crippen LogP contribution in [0.15, 0.2) is 24.3 Å². The second kappa shape index (κ2) is 27.1. The predicted molar refractivity (Wildman–Crippen MR) is 150 cm³/mol. The molecule has 0 saturated heterocycles. The Morgan fingerprint density at radius 3 is 1.84 bits per heavy atom. The van der Waals surface area contributed by atoms with E-state index in [0.717, 1.165) is 57.8 Å². The third kappa shape index (κ3) is 25.5. The van der Waals surface area contributed by atoms with Crippen molar-refractivity contribution in [3.8, 4) is 0 Å². The van der Waals surface area contributed by atoms with Crippen molar-refractivity contribution in [1.82, 2.24) is 0 Å². The van der Waals surface area contributed by atoms with Gasteiger partial charge in [-0.2, -0.15) is 0 Å². The molecule has 0 fully saturated rings. The average molecular weight is 523 g/mol.